The Morgan fingerprint density at radius 1 is 1.30 bits per heavy atom. The highest BCUT2D eigenvalue weighted by Crippen LogP contribution is 2.21. The zero-order valence-electron chi connectivity index (χ0n) is 18.6. The van der Waals surface area contributed by atoms with Crippen molar-refractivity contribution in [2.45, 2.75) is 73.3 Å². The molecule has 0 unspecified atom stereocenters. The Hall–Kier alpha value is -2.84. The van der Waals surface area contributed by atoms with Crippen LogP contribution in [0.1, 0.15) is 63.5 Å². The predicted octanol–water partition coefficient (Wildman–Crippen LogP) is 2.54. The van der Waals surface area contributed by atoms with E-state index in [-0.39, 0.29) is 23.8 Å². The van der Waals surface area contributed by atoms with Crippen LogP contribution in [0.15, 0.2) is 14.1 Å². The number of hydrogen-bond donors (Lipinski definition) is 2. The second-order valence-corrected chi connectivity index (χ2v) is 8.03. The van der Waals surface area contributed by atoms with Crippen LogP contribution in [-0.4, -0.2) is 27.2 Å². The summed E-state index contributed by atoms with van der Waals surface area (Å²) in [5.41, 5.74) is 6.73. The highest BCUT2D eigenvalue weighted by molar-refractivity contribution is 5.95. The highest BCUT2D eigenvalue weighted by atomic mass is 16.5. The van der Waals surface area contributed by atoms with Crippen LogP contribution < -0.4 is 21.9 Å². The number of aromatic nitrogens is 3. The smallest absolute Gasteiger partial charge is 0.330 e. The quantitative estimate of drug-likeness (QED) is 0.609. The summed E-state index contributed by atoms with van der Waals surface area (Å²) in [6.07, 6.45) is 2.93. The number of H-pyrrole nitrogens is 1. The van der Waals surface area contributed by atoms with Crippen molar-refractivity contribution in [3.8, 4) is 0 Å². The third kappa shape index (κ3) is 5.40. The minimum absolute atomic E-state index is 0.0339. The van der Waals surface area contributed by atoms with E-state index in [1.165, 1.54) is 9.47 Å². The van der Waals surface area contributed by atoms with E-state index < -0.39 is 11.2 Å². The molecule has 2 aromatic heterocycles. The first-order valence-corrected chi connectivity index (χ1v) is 10.5. The Morgan fingerprint density at radius 3 is 2.57 bits per heavy atom. The molecule has 1 amide bonds. The standard InChI is InChI=1S/C21H33N5O4/c1-6-7-11-26-19(22)18(20(28)23-21(26)29)25(12-10-13(2)3)17(27)9-8-16-14(4)24-30-15(16)5/h13H,6-12,22H2,1-5H3,(H,23,28,29). The van der Waals surface area contributed by atoms with Gasteiger partial charge in [-0.2, -0.15) is 0 Å². The first-order chi connectivity index (χ1) is 14.2. The number of carbonyl (C=O) groups excluding carboxylic acids is 1. The fourth-order valence-corrected chi connectivity index (χ4v) is 3.35. The van der Waals surface area contributed by atoms with E-state index in [1.54, 1.807) is 0 Å². The van der Waals surface area contributed by atoms with Gasteiger partial charge < -0.3 is 15.2 Å². The van der Waals surface area contributed by atoms with Gasteiger partial charge in [0, 0.05) is 25.1 Å². The molecule has 0 spiro atoms. The van der Waals surface area contributed by atoms with Gasteiger partial charge in [0.25, 0.3) is 5.56 Å². The molecule has 2 rings (SSSR count). The van der Waals surface area contributed by atoms with Crippen LogP contribution in [0.4, 0.5) is 11.5 Å². The molecule has 0 aliphatic heterocycles. The number of nitrogens with one attached hydrogen (secondary N) is 1. The fraction of sp³-hybridized carbons (Fsp3) is 0.619. The van der Waals surface area contributed by atoms with Crippen LogP contribution in [-0.2, 0) is 17.8 Å². The molecule has 0 radical (unpaired) electrons. The van der Waals surface area contributed by atoms with E-state index in [1.807, 2.05) is 34.6 Å². The van der Waals surface area contributed by atoms with E-state index in [0.717, 1.165) is 24.1 Å². The van der Waals surface area contributed by atoms with E-state index in [0.29, 0.717) is 37.6 Å². The summed E-state index contributed by atoms with van der Waals surface area (Å²) in [5.74, 6) is 0.814. The van der Waals surface area contributed by atoms with Crippen molar-refractivity contribution >= 4 is 17.4 Å². The van der Waals surface area contributed by atoms with Gasteiger partial charge in [-0.1, -0.05) is 32.3 Å². The SMILES string of the molecule is CCCCn1c(N)c(N(CCC(C)C)C(=O)CCc2c(C)noc2C)c(=O)[nH]c1=O. The molecule has 30 heavy (non-hydrogen) atoms. The molecule has 3 N–H and O–H groups in total. The summed E-state index contributed by atoms with van der Waals surface area (Å²) in [7, 11) is 0. The third-order valence-electron chi connectivity index (χ3n) is 5.22. The average Bonchev–Trinajstić information content (AvgIpc) is 2.99. The number of amides is 1. The number of nitrogen functional groups attached to an aromatic ring is 1. The number of nitrogens with two attached hydrogens (primary N) is 1. The first kappa shape index (κ1) is 23.4. The molecule has 2 aromatic rings. The molecule has 166 valence electrons. The summed E-state index contributed by atoms with van der Waals surface area (Å²) in [5, 5.41) is 3.92. The highest BCUT2D eigenvalue weighted by Gasteiger charge is 2.25. The Bertz CT molecular complexity index is 967. The lowest BCUT2D eigenvalue weighted by Gasteiger charge is -2.25. The lowest BCUT2D eigenvalue weighted by Crippen LogP contribution is -2.42. The summed E-state index contributed by atoms with van der Waals surface area (Å²) in [6, 6.07) is 0. The van der Waals surface area contributed by atoms with Crippen LogP contribution in [0, 0.1) is 19.8 Å². The van der Waals surface area contributed by atoms with E-state index in [4.69, 9.17) is 10.3 Å². The van der Waals surface area contributed by atoms with Crippen LogP contribution in [0.3, 0.4) is 0 Å². The first-order valence-electron chi connectivity index (χ1n) is 10.5. The third-order valence-corrected chi connectivity index (χ3v) is 5.22. The fourth-order valence-electron chi connectivity index (χ4n) is 3.35. The molecule has 0 bridgehead atoms. The number of carbonyl (C=O) groups is 1. The number of aryl methyl sites for hydroxylation is 2. The number of hydrogen-bond acceptors (Lipinski definition) is 6. The summed E-state index contributed by atoms with van der Waals surface area (Å²) >= 11 is 0. The molecule has 9 nitrogen and oxygen atoms in total. The van der Waals surface area contributed by atoms with Gasteiger partial charge in [-0.05, 0) is 39.0 Å². The number of aromatic amines is 1. The van der Waals surface area contributed by atoms with Gasteiger partial charge in [0.15, 0.2) is 5.69 Å². The van der Waals surface area contributed by atoms with Gasteiger partial charge in [-0.15, -0.1) is 0 Å². The molecule has 9 heteroatoms. The van der Waals surface area contributed by atoms with Gasteiger partial charge in [0.1, 0.15) is 11.6 Å². The van der Waals surface area contributed by atoms with Crippen molar-refractivity contribution in [2.75, 3.05) is 17.2 Å². The van der Waals surface area contributed by atoms with Crippen molar-refractivity contribution in [1.29, 1.82) is 0 Å². The molecule has 0 aliphatic rings. The lowest BCUT2D eigenvalue weighted by atomic mass is 10.1. The molecule has 2 heterocycles. The van der Waals surface area contributed by atoms with E-state index >= 15 is 0 Å². The molecule has 0 fully saturated rings. The van der Waals surface area contributed by atoms with E-state index in [9.17, 15) is 14.4 Å². The zero-order chi connectivity index (χ0) is 22.4. The second-order valence-electron chi connectivity index (χ2n) is 8.03. The maximum absolute atomic E-state index is 13.2. The number of nitrogens with zero attached hydrogens (tertiary/aromatic N) is 3. The molecule has 0 aromatic carbocycles. The second kappa shape index (κ2) is 10.3. The van der Waals surface area contributed by atoms with Crippen molar-refractivity contribution in [3.63, 3.8) is 0 Å². The maximum Gasteiger partial charge on any atom is 0.330 e. The molecular formula is C21H33N5O4. The van der Waals surface area contributed by atoms with Crippen molar-refractivity contribution < 1.29 is 9.32 Å². The van der Waals surface area contributed by atoms with Crippen LogP contribution >= 0.6 is 0 Å². The van der Waals surface area contributed by atoms with Gasteiger partial charge in [0.05, 0.1) is 5.69 Å². The van der Waals surface area contributed by atoms with Gasteiger partial charge in [0.2, 0.25) is 5.91 Å². The predicted molar refractivity (Wildman–Crippen MR) is 117 cm³/mol. The maximum atomic E-state index is 13.2. The number of anilines is 2. The summed E-state index contributed by atoms with van der Waals surface area (Å²) in [4.78, 5) is 41.8. The van der Waals surface area contributed by atoms with Crippen molar-refractivity contribution in [1.82, 2.24) is 14.7 Å². The van der Waals surface area contributed by atoms with Crippen molar-refractivity contribution in [2.24, 2.45) is 5.92 Å². The Morgan fingerprint density at radius 2 is 2.00 bits per heavy atom. The molecule has 0 saturated carbocycles. The summed E-state index contributed by atoms with van der Waals surface area (Å²) < 4.78 is 6.51. The van der Waals surface area contributed by atoms with Crippen LogP contribution in [0.5, 0.6) is 0 Å². The molecule has 0 saturated heterocycles. The Kier molecular flexibility index (Phi) is 8.02. The average molecular weight is 420 g/mol. The van der Waals surface area contributed by atoms with Crippen LogP contribution in [0.2, 0.25) is 0 Å². The number of rotatable bonds is 10. The Balaban J connectivity index is 2.39. The lowest BCUT2D eigenvalue weighted by molar-refractivity contribution is -0.118. The minimum Gasteiger partial charge on any atom is -0.383 e. The summed E-state index contributed by atoms with van der Waals surface area (Å²) in [6.45, 7) is 10.5. The Labute approximate surface area is 176 Å². The van der Waals surface area contributed by atoms with Gasteiger partial charge >= 0.3 is 5.69 Å². The number of unbranched alkanes of at least 4 members (excludes halogenated alkanes) is 1. The minimum atomic E-state index is -0.639. The van der Waals surface area contributed by atoms with Crippen LogP contribution in [0.25, 0.3) is 0 Å². The molecule has 0 aliphatic carbocycles. The van der Waals surface area contributed by atoms with Gasteiger partial charge in [-0.25, -0.2) is 4.79 Å². The zero-order valence-corrected chi connectivity index (χ0v) is 18.6. The monoisotopic (exact) mass is 419 g/mol. The topological polar surface area (TPSA) is 127 Å². The van der Waals surface area contributed by atoms with Crippen molar-refractivity contribution in [3.05, 3.63) is 37.9 Å². The van der Waals surface area contributed by atoms with Gasteiger partial charge in [-0.3, -0.25) is 19.1 Å². The molecule has 0 atom stereocenters. The van der Waals surface area contributed by atoms with E-state index in [2.05, 4.69) is 10.1 Å². The molecular weight excluding hydrogens is 386 g/mol. The largest absolute Gasteiger partial charge is 0.383 e. The normalized spacial score (nSPS) is 11.3.